The van der Waals surface area contributed by atoms with Crippen LogP contribution in [0.2, 0.25) is 0 Å². The summed E-state index contributed by atoms with van der Waals surface area (Å²) in [5, 5.41) is 0. The van der Waals surface area contributed by atoms with Crippen LogP contribution >= 0.6 is 0 Å². The molecule has 1 aliphatic carbocycles. The third kappa shape index (κ3) is 4.95. The standard InChI is InChI=1S/C15H27FO2/c1-11(13(17)18-14(2,3)4)12-8-6-7-9-15(5,16)10-12/h11-12H,6-10H2,1-5H3. The van der Waals surface area contributed by atoms with Gasteiger partial charge in [0, 0.05) is 0 Å². The predicted octanol–water partition coefficient (Wildman–Crippen LogP) is 4.27. The Morgan fingerprint density at radius 2 is 2.00 bits per heavy atom. The molecule has 1 fully saturated rings. The monoisotopic (exact) mass is 258 g/mol. The van der Waals surface area contributed by atoms with Crippen molar-refractivity contribution in [1.29, 1.82) is 0 Å². The molecule has 3 atom stereocenters. The summed E-state index contributed by atoms with van der Waals surface area (Å²) in [6.07, 6.45) is 3.96. The van der Waals surface area contributed by atoms with Crippen LogP contribution in [0.25, 0.3) is 0 Å². The fourth-order valence-electron chi connectivity index (χ4n) is 2.66. The van der Waals surface area contributed by atoms with E-state index in [0.717, 1.165) is 19.3 Å². The molecule has 18 heavy (non-hydrogen) atoms. The molecule has 0 N–H and O–H groups in total. The van der Waals surface area contributed by atoms with Crippen molar-refractivity contribution in [1.82, 2.24) is 0 Å². The molecule has 0 bridgehead atoms. The predicted molar refractivity (Wildman–Crippen MR) is 71.1 cm³/mol. The van der Waals surface area contributed by atoms with Gasteiger partial charge in [-0.15, -0.1) is 0 Å². The first kappa shape index (κ1) is 15.5. The van der Waals surface area contributed by atoms with Gasteiger partial charge in [-0.1, -0.05) is 19.8 Å². The summed E-state index contributed by atoms with van der Waals surface area (Å²) in [6.45, 7) is 9.13. The van der Waals surface area contributed by atoms with Crippen LogP contribution in [-0.2, 0) is 9.53 Å². The van der Waals surface area contributed by atoms with E-state index in [1.807, 2.05) is 27.7 Å². The van der Waals surface area contributed by atoms with Crippen molar-refractivity contribution < 1.29 is 13.9 Å². The molecular formula is C15H27FO2. The maximum Gasteiger partial charge on any atom is 0.309 e. The maximum absolute atomic E-state index is 14.2. The highest BCUT2D eigenvalue weighted by Crippen LogP contribution is 2.37. The lowest BCUT2D eigenvalue weighted by molar-refractivity contribution is -0.161. The van der Waals surface area contributed by atoms with E-state index < -0.39 is 11.3 Å². The highest BCUT2D eigenvalue weighted by atomic mass is 19.1. The van der Waals surface area contributed by atoms with Crippen LogP contribution in [0.5, 0.6) is 0 Å². The molecule has 1 aliphatic rings. The van der Waals surface area contributed by atoms with E-state index in [9.17, 15) is 9.18 Å². The number of halogens is 1. The van der Waals surface area contributed by atoms with E-state index in [1.165, 1.54) is 0 Å². The van der Waals surface area contributed by atoms with Crippen LogP contribution in [0, 0.1) is 11.8 Å². The van der Waals surface area contributed by atoms with Crippen LogP contribution in [0.1, 0.15) is 66.7 Å². The molecule has 0 aromatic rings. The first-order valence-electron chi connectivity index (χ1n) is 7.02. The van der Waals surface area contributed by atoms with Crippen LogP contribution in [0.15, 0.2) is 0 Å². The fraction of sp³-hybridized carbons (Fsp3) is 0.933. The number of carbonyl (C=O) groups excluding carboxylic acids is 1. The van der Waals surface area contributed by atoms with Gasteiger partial charge in [-0.25, -0.2) is 4.39 Å². The average Bonchev–Trinajstić information content (AvgIpc) is 2.35. The van der Waals surface area contributed by atoms with E-state index in [2.05, 4.69) is 0 Å². The third-order valence-corrected chi connectivity index (χ3v) is 3.70. The maximum atomic E-state index is 14.2. The Morgan fingerprint density at radius 1 is 1.39 bits per heavy atom. The van der Waals surface area contributed by atoms with Gasteiger partial charge in [0.15, 0.2) is 0 Å². The summed E-state index contributed by atoms with van der Waals surface area (Å²) in [6, 6.07) is 0. The van der Waals surface area contributed by atoms with Gasteiger partial charge in [0.25, 0.3) is 0 Å². The Hall–Kier alpha value is -0.600. The first-order chi connectivity index (χ1) is 8.11. The summed E-state index contributed by atoms with van der Waals surface area (Å²) in [5.41, 5.74) is -1.59. The molecule has 0 aliphatic heterocycles. The van der Waals surface area contributed by atoms with Crippen molar-refractivity contribution in [2.24, 2.45) is 11.8 Å². The minimum atomic E-state index is -1.13. The van der Waals surface area contributed by atoms with Gasteiger partial charge in [0.05, 0.1) is 5.92 Å². The zero-order chi connectivity index (χ0) is 14.0. The van der Waals surface area contributed by atoms with Gasteiger partial charge in [0.1, 0.15) is 11.3 Å². The second kappa shape index (κ2) is 5.58. The van der Waals surface area contributed by atoms with Crippen LogP contribution in [-0.4, -0.2) is 17.2 Å². The Balaban J connectivity index is 2.64. The molecule has 0 aromatic carbocycles. The SMILES string of the molecule is CC(C(=O)OC(C)(C)C)C1CCCCC(C)(F)C1. The molecule has 0 heterocycles. The first-order valence-corrected chi connectivity index (χ1v) is 7.02. The number of carbonyl (C=O) groups is 1. The fourth-order valence-corrected chi connectivity index (χ4v) is 2.66. The molecule has 0 aromatic heterocycles. The molecule has 0 spiro atoms. The highest BCUT2D eigenvalue weighted by molar-refractivity contribution is 5.72. The lowest BCUT2D eigenvalue weighted by Crippen LogP contribution is -2.33. The Kier molecular flexibility index (Phi) is 4.79. The molecular weight excluding hydrogens is 231 g/mol. The van der Waals surface area contributed by atoms with Gasteiger partial charge in [-0.3, -0.25) is 4.79 Å². The van der Waals surface area contributed by atoms with E-state index in [0.29, 0.717) is 12.8 Å². The van der Waals surface area contributed by atoms with Crippen molar-refractivity contribution in [2.45, 2.75) is 78.0 Å². The molecule has 2 nitrogen and oxygen atoms in total. The van der Waals surface area contributed by atoms with Gasteiger partial charge in [0.2, 0.25) is 0 Å². The number of hydrogen-bond donors (Lipinski definition) is 0. The molecule has 3 unspecified atom stereocenters. The van der Waals surface area contributed by atoms with Crippen molar-refractivity contribution in [3.05, 3.63) is 0 Å². The Bertz CT molecular complexity index is 291. The van der Waals surface area contributed by atoms with Crippen LogP contribution < -0.4 is 0 Å². The highest BCUT2D eigenvalue weighted by Gasteiger charge is 2.36. The van der Waals surface area contributed by atoms with E-state index in [4.69, 9.17) is 4.74 Å². The van der Waals surface area contributed by atoms with Gasteiger partial charge in [-0.2, -0.15) is 0 Å². The zero-order valence-corrected chi connectivity index (χ0v) is 12.4. The molecule has 1 saturated carbocycles. The number of alkyl halides is 1. The van der Waals surface area contributed by atoms with Gasteiger partial charge >= 0.3 is 5.97 Å². The molecule has 0 amide bonds. The lowest BCUT2D eigenvalue weighted by atomic mass is 9.83. The van der Waals surface area contributed by atoms with E-state index in [-0.39, 0.29) is 17.8 Å². The van der Waals surface area contributed by atoms with Gasteiger partial charge < -0.3 is 4.74 Å². The molecule has 1 rings (SSSR count). The average molecular weight is 258 g/mol. The summed E-state index contributed by atoms with van der Waals surface area (Å²) < 4.78 is 19.6. The summed E-state index contributed by atoms with van der Waals surface area (Å²) >= 11 is 0. The molecule has 106 valence electrons. The summed E-state index contributed by atoms with van der Waals surface area (Å²) in [5.74, 6) is -0.292. The Morgan fingerprint density at radius 3 is 2.56 bits per heavy atom. The Labute approximate surface area is 110 Å². The van der Waals surface area contributed by atoms with E-state index >= 15 is 0 Å². The largest absolute Gasteiger partial charge is 0.460 e. The summed E-state index contributed by atoms with van der Waals surface area (Å²) in [7, 11) is 0. The number of rotatable bonds is 2. The summed E-state index contributed by atoms with van der Waals surface area (Å²) in [4.78, 5) is 12.0. The minimum absolute atomic E-state index is 0.109. The van der Waals surface area contributed by atoms with Crippen molar-refractivity contribution in [3.63, 3.8) is 0 Å². The van der Waals surface area contributed by atoms with Gasteiger partial charge in [-0.05, 0) is 52.9 Å². The second-order valence-corrected chi connectivity index (χ2v) is 6.95. The quantitative estimate of drug-likeness (QED) is 0.546. The number of ether oxygens (including phenoxy) is 1. The van der Waals surface area contributed by atoms with Crippen molar-refractivity contribution in [2.75, 3.05) is 0 Å². The topological polar surface area (TPSA) is 26.3 Å². The molecule has 0 radical (unpaired) electrons. The molecule has 0 saturated heterocycles. The minimum Gasteiger partial charge on any atom is -0.460 e. The zero-order valence-electron chi connectivity index (χ0n) is 12.4. The second-order valence-electron chi connectivity index (χ2n) is 6.95. The van der Waals surface area contributed by atoms with E-state index in [1.54, 1.807) is 6.92 Å². The van der Waals surface area contributed by atoms with Crippen molar-refractivity contribution in [3.8, 4) is 0 Å². The number of hydrogen-bond acceptors (Lipinski definition) is 2. The van der Waals surface area contributed by atoms with Crippen LogP contribution in [0.3, 0.4) is 0 Å². The third-order valence-electron chi connectivity index (χ3n) is 3.70. The normalized spacial score (nSPS) is 31.6. The smallest absolute Gasteiger partial charge is 0.309 e. The van der Waals surface area contributed by atoms with Crippen molar-refractivity contribution >= 4 is 5.97 Å². The number of esters is 1. The molecule has 3 heteroatoms. The lowest BCUT2D eigenvalue weighted by Gasteiger charge is -2.29. The van der Waals surface area contributed by atoms with Crippen LogP contribution in [0.4, 0.5) is 4.39 Å².